The van der Waals surface area contributed by atoms with Crippen LogP contribution in [0, 0.1) is 0 Å². The normalized spacial score (nSPS) is 31.9. The van der Waals surface area contributed by atoms with Gasteiger partial charge in [-0.25, -0.2) is 9.55 Å². The van der Waals surface area contributed by atoms with Crippen molar-refractivity contribution >= 4 is 24.9 Å². The maximum absolute atomic E-state index is 13.6. The Morgan fingerprint density at radius 3 is 2.85 bits per heavy atom. The smallest absolute Gasteiger partial charge is 0.475 e. The summed E-state index contributed by atoms with van der Waals surface area (Å²) < 4.78 is 95.7. The topological polar surface area (TPSA) is 151 Å². The molecule has 0 aliphatic carbocycles. The molecule has 0 radical (unpaired) electrons. The molecular weight excluding hydrogens is 574 g/mol. The molecule has 6 rings (SSSR count). The molecule has 0 amide bonds. The SMILES string of the molecule is CCOc1nc(N)nc2c1ncn2C1OC(COP2(=O)OCCC(c3ccccc3C(F)(F)F)O2)C2OCOC21C. The second-order valence-corrected chi connectivity index (χ2v) is 11.4. The highest BCUT2D eigenvalue weighted by molar-refractivity contribution is 7.48. The number of nitrogen functional groups attached to an aromatic ring is 1. The summed E-state index contributed by atoms with van der Waals surface area (Å²) in [7, 11) is -4.27. The summed E-state index contributed by atoms with van der Waals surface area (Å²) in [6, 6.07) is 4.96. The third-order valence-corrected chi connectivity index (χ3v) is 8.63. The van der Waals surface area contributed by atoms with Crippen LogP contribution in [-0.4, -0.2) is 63.9 Å². The average molecular weight is 601 g/mol. The van der Waals surface area contributed by atoms with Crippen LogP contribution in [0.1, 0.15) is 43.7 Å². The lowest BCUT2D eigenvalue weighted by atomic mass is 9.96. The standard InChI is InChI=1S/C24H27F3N5O8P/c1-3-34-20-17-19(30-22(28)31-20)32(11-29-17)21-23(2)18(35-12-36-23)16(39-21)10-38-41(33)37-9-8-15(40-41)13-6-4-5-7-14(13)24(25,26)27/h4-7,11,15-16,18,21H,3,8-10,12H2,1-2H3,(H2,28,30,31). The van der Waals surface area contributed by atoms with E-state index >= 15 is 0 Å². The monoisotopic (exact) mass is 601 g/mol. The first-order chi connectivity index (χ1) is 19.5. The summed E-state index contributed by atoms with van der Waals surface area (Å²) in [5.74, 6) is 0.181. The fourth-order valence-corrected chi connectivity index (χ4v) is 6.70. The summed E-state index contributed by atoms with van der Waals surface area (Å²) in [4.78, 5) is 12.8. The Hall–Kier alpha value is -2.85. The van der Waals surface area contributed by atoms with E-state index < -0.39 is 49.7 Å². The first kappa shape index (κ1) is 28.3. The Morgan fingerprint density at radius 2 is 2.07 bits per heavy atom. The molecule has 6 unspecified atom stereocenters. The molecule has 3 saturated heterocycles. The van der Waals surface area contributed by atoms with E-state index in [1.807, 2.05) is 0 Å². The van der Waals surface area contributed by atoms with Gasteiger partial charge in [0.05, 0.1) is 37.8 Å². The van der Waals surface area contributed by atoms with Crippen LogP contribution in [0.2, 0.25) is 0 Å². The lowest BCUT2D eigenvalue weighted by molar-refractivity contribution is -0.139. The van der Waals surface area contributed by atoms with Crippen LogP contribution in [0.5, 0.6) is 5.88 Å². The number of imidazole rings is 1. The molecule has 13 nitrogen and oxygen atoms in total. The number of phosphoric acid groups is 1. The number of anilines is 1. The van der Waals surface area contributed by atoms with Crippen molar-refractivity contribution < 1.29 is 50.3 Å². The summed E-state index contributed by atoms with van der Waals surface area (Å²) in [6.45, 7) is 3.39. The first-order valence-electron chi connectivity index (χ1n) is 12.8. The molecule has 5 heterocycles. The van der Waals surface area contributed by atoms with Crippen LogP contribution in [0.25, 0.3) is 11.2 Å². The van der Waals surface area contributed by atoms with Crippen LogP contribution < -0.4 is 10.5 Å². The maximum atomic E-state index is 13.6. The summed E-state index contributed by atoms with van der Waals surface area (Å²) in [6.07, 6.45) is -6.58. The van der Waals surface area contributed by atoms with Gasteiger partial charge >= 0.3 is 14.0 Å². The lowest BCUT2D eigenvalue weighted by Gasteiger charge is -2.31. The molecule has 0 saturated carbocycles. The molecule has 41 heavy (non-hydrogen) atoms. The van der Waals surface area contributed by atoms with Gasteiger partial charge in [0, 0.05) is 6.42 Å². The van der Waals surface area contributed by atoms with Crippen LogP contribution >= 0.6 is 7.82 Å². The van der Waals surface area contributed by atoms with E-state index in [1.165, 1.54) is 24.5 Å². The van der Waals surface area contributed by atoms with Crippen molar-refractivity contribution in [1.82, 2.24) is 19.5 Å². The van der Waals surface area contributed by atoms with E-state index in [-0.39, 0.29) is 43.8 Å². The number of phosphoric ester groups is 1. The lowest BCUT2D eigenvalue weighted by Crippen LogP contribution is -2.42. The highest BCUT2D eigenvalue weighted by atomic mass is 31.2. The quantitative estimate of drug-likeness (QED) is 0.387. The molecule has 3 aromatic rings. The molecule has 17 heteroatoms. The minimum absolute atomic E-state index is 0.0304. The number of nitrogens with zero attached hydrogens (tertiary/aromatic N) is 4. The molecule has 3 aliphatic rings. The fraction of sp³-hybridized carbons (Fsp3) is 0.542. The molecule has 1 aromatic carbocycles. The molecule has 2 N–H and O–H groups in total. The zero-order chi connectivity index (χ0) is 29.0. The van der Waals surface area contributed by atoms with Gasteiger partial charge in [0.1, 0.15) is 24.6 Å². The van der Waals surface area contributed by atoms with E-state index in [9.17, 15) is 17.7 Å². The molecule has 0 spiro atoms. The van der Waals surface area contributed by atoms with Gasteiger partial charge in [-0.3, -0.25) is 18.1 Å². The first-order valence-corrected chi connectivity index (χ1v) is 14.3. The number of rotatable bonds is 7. The van der Waals surface area contributed by atoms with Crippen LogP contribution in [-0.2, 0) is 38.5 Å². The second kappa shape index (κ2) is 10.5. The summed E-state index contributed by atoms with van der Waals surface area (Å²) in [5, 5.41) is 0. The molecule has 6 atom stereocenters. The third-order valence-electron chi connectivity index (χ3n) is 7.15. The molecule has 0 bridgehead atoms. The van der Waals surface area contributed by atoms with Gasteiger partial charge in [0.25, 0.3) is 0 Å². The zero-order valence-electron chi connectivity index (χ0n) is 21.9. The highest BCUT2D eigenvalue weighted by Gasteiger charge is 2.60. The number of fused-ring (bicyclic) bond motifs is 2. The number of alkyl halides is 3. The zero-order valence-corrected chi connectivity index (χ0v) is 22.8. The van der Waals surface area contributed by atoms with Gasteiger partial charge in [-0.15, -0.1) is 0 Å². The average Bonchev–Trinajstić information content (AvgIpc) is 3.59. The van der Waals surface area contributed by atoms with E-state index in [2.05, 4.69) is 15.0 Å². The van der Waals surface area contributed by atoms with Crippen LogP contribution in [0.15, 0.2) is 30.6 Å². The summed E-state index contributed by atoms with van der Waals surface area (Å²) in [5.41, 5.74) is 4.52. The van der Waals surface area contributed by atoms with Crippen molar-refractivity contribution in [3.05, 3.63) is 41.7 Å². The molecular formula is C24H27F3N5O8P. The predicted molar refractivity (Wildman–Crippen MR) is 133 cm³/mol. The molecule has 222 valence electrons. The number of halogens is 3. The minimum atomic E-state index is -4.61. The number of ether oxygens (including phenoxy) is 4. The number of nitrogens with two attached hydrogens (primary N) is 1. The predicted octanol–water partition coefficient (Wildman–Crippen LogP) is 4.16. The Labute approximate surface area is 231 Å². The molecule has 3 fully saturated rings. The van der Waals surface area contributed by atoms with Crippen molar-refractivity contribution in [2.75, 3.05) is 32.3 Å². The maximum Gasteiger partial charge on any atom is 0.475 e. The van der Waals surface area contributed by atoms with Gasteiger partial charge in [-0.05, 0) is 25.5 Å². The van der Waals surface area contributed by atoms with Crippen LogP contribution in [0.3, 0.4) is 0 Å². The summed E-state index contributed by atoms with van der Waals surface area (Å²) >= 11 is 0. The number of hydrogen-bond acceptors (Lipinski definition) is 12. The van der Waals surface area contributed by atoms with Crippen molar-refractivity contribution in [1.29, 1.82) is 0 Å². The second-order valence-electron chi connectivity index (χ2n) is 9.75. The molecule has 3 aliphatic heterocycles. The van der Waals surface area contributed by atoms with Gasteiger partial charge in [0.2, 0.25) is 11.8 Å². The minimum Gasteiger partial charge on any atom is -0.476 e. The van der Waals surface area contributed by atoms with Crippen molar-refractivity contribution in [3.8, 4) is 5.88 Å². The van der Waals surface area contributed by atoms with E-state index in [1.54, 1.807) is 18.4 Å². The number of aromatic nitrogens is 4. The molecule has 2 aromatic heterocycles. The van der Waals surface area contributed by atoms with Crippen molar-refractivity contribution in [3.63, 3.8) is 0 Å². The van der Waals surface area contributed by atoms with Gasteiger partial charge in [0.15, 0.2) is 17.4 Å². The van der Waals surface area contributed by atoms with Crippen LogP contribution in [0.4, 0.5) is 19.1 Å². The largest absolute Gasteiger partial charge is 0.476 e. The number of hydrogen-bond donors (Lipinski definition) is 1. The Bertz CT molecular complexity index is 1490. The van der Waals surface area contributed by atoms with Crippen molar-refractivity contribution in [2.45, 2.75) is 56.6 Å². The van der Waals surface area contributed by atoms with Gasteiger partial charge < -0.3 is 24.7 Å². The van der Waals surface area contributed by atoms with Crippen molar-refractivity contribution in [2.24, 2.45) is 0 Å². The van der Waals surface area contributed by atoms with E-state index in [0.717, 1.165) is 6.07 Å². The third kappa shape index (κ3) is 5.07. The Balaban J connectivity index is 1.22. The Kier molecular flexibility index (Phi) is 7.21. The van der Waals surface area contributed by atoms with E-state index in [4.69, 9.17) is 38.3 Å². The fourth-order valence-electron chi connectivity index (χ4n) is 5.32. The van der Waals surface area contributed by atoms with Gasteiger partial charge in [-0.1, -0.05) is 18.2 Å². The highest BCUT2D eigenvalue weighted by Crippen LogP contribution is 2.58. The Morgan fingerprint density at radius 1 is 1.27 bits per heavy atom. The van der Waals surface area contributed by atoms with Gasteiger partial charge in [-0.2, -0.15) is 23.1 Å². The number of benzene rings is 1. The van der Waals surface area contributed by atoms with E-state index in [0.29, 0.717) is 17.8 Å².